The topological polar surface area (TPSA) is 95.9 Å². The van der Waals surface area contributed by atoms with Crippen molar-refractivity contribution in [3.63, 3.8) is 0 Å². The Balaban J connectivity index is 3.47. The van der Waals surface area contributed by atoms with Crippen LogP contribution < -0.4 is 5.32 Å². The number of unbranched alkanes of at least 4 members (excludes halogenated alkanes) is 41. The fourth-order valence-electron chi connectivity index (χ4n) is 8.98. The van der Waals surface area contributed by atoms with Crippen LogP contribution in [0.15, 0.2) is 24.3 Å². The molecular formula is C59H113NO5. The van der Waals surface area contributed by atoms with Crippen molar-refractivity contribution in [1.82, 2.24) is 5.32 Å². The average Bonchev–Trinajstić information content (AvgIpc) is 3.31. The first kappa shape index (κ1) is 63.3. The van der Waals surface area contributed by atoms with E-state index in [0.29, 0.717) is 19.4 Å². The molecule has 0 radical (unpaired) electrons. The highest BCUT2D eigenvalue weighted by Gasteiger charge is 2.18. The fourth-order valence-corrected chi connectivity index (χ4v) is 8.98. The highest BCUT2D eigenvalue weighted by atomic mass is 16.5. The van der Waals surface area contributed by atoms with Gasteiger partial charge in [0.25, 0.3) is 0 Å². The Morgan fingerprint density at radius 3 is 1.09 bits per heavy atom. The molecule has 65 heavy (non-hydrogen) atoms. The smallest absolute Gasteiger partial charge is 0.305 e. The Labute approximate surface area is 405 Å². The van der Waals surface area contributed by atoms with Gasteiger partial charge in [-0.05, 0) is 57.8 Å². The number of amides is 1. The number of nitrogens with one attached hydrogen (secondary N) is 1. The molecule has 0 saturated carbocycles. The third-order valence-electron chi connectivity index (χ3n) is 13.5. The van der Waals surface area contributed by atoms with Crippen molar-refractivity contribution in [3.8, 4) is 0 Å². The van der Waals surface area contributed by atoms with Crippen molar-refractivity contribution < 1.29 is 24.5 Å². The summed E-state index contributed by atoms with van der Waals surface area (Å²) in [5, 5.41) is 23.1. The lowest BCUT2D eigenvalue weighted by molar-refractivity contribution is -0.143. The predicted octanol–water partition coefficient (Wildman–Crippen LogP) is 17.9. The Morgan fingerprint density at radius 1 is 0.415 bits per heavy atom. The van der Waals surface area contributed by atoms with E-state index in [4.69, 9.17) is 4.74 Å². The molecule has 6 heteroatoms. The van der Waals surface area contributed by atoms with E-state index in [2.05, 4.69) is 31.3 Å². The highest BCUT2D eigenvalue weighted by Crippen LogP contribution is 2.17. The lowest BCUT2D eigenvalue weighted by Gasteiger charge is -2.20. The maximum Gasteiger partial charge on any atom is 0.305 e. The molecule has 0 spiro atoms. The second-order valence-corrected chi connectivity index (χ2v) is 20.0. The molecule has 0 aliphatic heterocycles. The van der Waals surface area contributed by atoms with Gasteiger partial charge < -0.3 is 20.3 Å². The zero-order valence-electron chi connectivity index (χ0n) is 43.7. The van der Waals surface area contributed by atoms with E-state index in [1.165, 1.54) is 238 Å². The molecule has 0 aromatic carbocycles. The van der Waals surface area contributed by atoms with Gasteiger partial charge in [0.15, 0.2) is 0 Å². The van der Waals surface area contributed by atoms with E-state index in [0.717, 1.165) is 51.4 Å². The molecule has 0 saturated heterocycles. The summed E-state index contributed by atoms with van der Waals surface area (Å²) < 4.78 is 5.47. The SMILES string of the molecule is CCCCCCCCCCCCCCCC/C=C/C(O)C(CO)NC(=O)CCCCCCCCC/C=C\CCCCCCCCCCOC(=O)CCCCCCCCCCCCCCC. The minimum Gasteiger partial charge on any atom is -0.466 e. The second kappa shape index (κ2) is 54.9. The number of rotatable bonds is 54. The Hall–Kier alpha value is -1.66. The van der Waals surface area contributed by atoms with Gasteiger partial charge in [0.1, 0.15) is 0 Å². The molecule has 0 aliphatic rings. The van der Waals surface area contributed by atoms with Gasteiger partial charge in [-0.3, -0.25) is 9.59 Å². The summed E-state index contributed by atoms with van der Waals surface area (Å²) in [4.78, 5) is 24.5. The van der Waals surface area contributed by atoms with Gasteiger partial charge in [-0.15, -0.1) is 0 Å². The van der Waals surface area contributed by atoms with Gasteiger partial charge >= 0.3 is 5.97 Å². The van der Waals surface area contributed by atoms with Crippen LogP contribution >= 0.6 is 0 Å². The quantitative estimate of drug-likeness (QED) is 0.0321. The zero-order valence-corrected chi connectivity index (χ0v) is 43.7. The Kier molecular flexibility index (Phi) is 53.5. The molecule has 2 unspecified atom stereocenters. The number of allylic oxidation sites excluding steroid dienone is 3. The molecule has 2 atom stereocenters. The average molecular weight is 917 g/mol. The minimum absolute atomic E-state index is 0.00484. The number of ether oxygens (including phenoxy) is 1. The van der Waals surface area contributed by atoms with Crippen LogP contribution in [0.5, 0.6) is 0 Å². The van der Waals surface area contributed by atoms with E-state index >= 15 is 0 Å². The number of esters is 1. The molecule has 6 nitrogen and oxygen atoms in total. The van der Waals surface area contributed by atoms with Gasteiger partial charge in [0, 0.05) is 12.8 Å². The molecule has 0 bridgehead atoms. The lowest BCUT2D eigenvalue weighted by Crippen LogP contribution is -2.45. The first-order valence-electron chi connectivity index (χ1n) is 29.1. The zero-order chi connectivity index (χ0) is 47.2. The number of carbonyl (C=O) groups is 2. The third-order valence-corrected chi connectivity index (χ3v) is 13.5. The largest absolute Gasteiger partial charge is 0.466 e. The predicted molar refractivity (Wildman–Crippen MR) is 283 cm³/mol. The summed E-state index contributed by atoms with van der Waals surface area (Å²) in [6.07, 6.45) is 66.2. The van der Waals surface area contributed by atoms with Gasteiger partial charge in [0.2, 0.25) is 5.91 Å². The van der Waals surface area contributed by atoms with Gasteiger partial charge in [-0.2, -0.15) is 0 Å². The molecule has 0 aromatic heterocycles. The molecule has 0 fully saturated rings. The van der Waals surface area contributed by atoms with Gasteiger partial charge in [-0.25, -0.2) is 0 Å². The summed E-state index contributed by atoms with van der Waals surface area (Å²) >= 11 is 0. The van der Waals surface area contributed by atoms with Crippen molar-refractivity contribution in [2.24, 2.45) is 0 Å². The Bertz CT molecular complexity index is 1010. The van der Waals surface area contributed by atoms with E-state index in [1.807, 2.05) is 6.08 Å². The van der Waals surface area contributed by atoms with Crippen LogP contribution in [-0.4, -0.2) is 47.4 Å². The fraction of sp³-hybridized carbons (Fsp3) is 0.898. The first-order valence-corrected chi connectivity index (χ1v) is 29.1. The van der Waals surface area contributed by atoms with Crippen LogP contribution in [0.4, 0.5) is 0 Å². The third kappa shape index (κ3) is 51.6. The van der Waals surface area contributed by atoms with E-state index < -0.39 is 12.1 Å². The number of hydrogen-bond donors (Lipinski definition) is 3. The van der Waals surface area contributed by atoms with Crippen molar-refractivity contribution in [2.45, 2.75) is 328 Å². The van der Waals surface area contributed by atoms with Crippen LogP contribution in [-0.2, 0) is 14.3 Å². The summed E-state index contributed by atoms with van der Waals surface area (Å²) in [6, 6.07) is -0.634. The monoisotopic (exact) mass is 916 g/mol. The van der Waals surface area contributed by atoms with Crippen molar-refractivity contribution in [1.29, 1.82) is 0 Å². The van der Waals surface area contributed by atoms with Crippen LogP contribution in [0.25, 0.3) is 0 Å². The Morgan fingerprint density at radius 2 is 0.723 bits per heavy atom. The summed E-state index contributed by atoms with van der Waals surface area (Å²) in [5.74, 6) is -0.0713. The first-order chi connectivity index (χ1) is 32.0. The van der Waals surface area contributed by atoms with Crippen LogP contribution in [0.3, 0.4) is 0 Å². The van der Waals surface area contributed by atoms with Gasteiger partial charge in [0.05, 0.1) is 25.4 Å². The van der Waals surface area contributed by atoms with Crippen LogP contribution in [0.1, 0.15) is 316 Å². The standard InChI is InChI=1S/C59H113NO5/c1-3-5-7-9-11-13-15-17-18-24-28-31-35-39-43-47-51-57(62)56(55-61)60-58(63)52-48-44-40-36-32-29-25-22-20-19-21-23-26-30-34-38-42-46-50-54-65-59(64)53-49-45-41-37-33-27-16-14-12-10-8-6-4-2/h19-20,47,51,56-57,61-62H,3-18,21-46,48-50,52-55H2,1-2H3,(H,60,63)/b20-19-,51-47+. The van der Waals surface area contributed by atoms with Crippen molar-refractivity contribution >= 4 is 11.9 Å². The van der Waals surface area contributed by atoms with Gasteiger partial charge in [-0.1, -0.05) is 269 Å². The van der Waals surface area contributed by atoms with Crippen LogP contribution in [0, 0.1) is 0 Å². The summed E-state index contributed by atoms with van der Waals surface area (Å²) in [7, 11) is 0. The molecule has 0 rings (SSSR count). The van der Waals surface area contributed by atoms with Crippen molar-refractivity contribution in [2.75, 3.05) is 13.2 Å². The molecular weight excluding hydrogens is 803 g/mol. The number of aliphatic hydroxyl groups is 2. The normalized spacial score (nSPS) is 12.7. The van der Waals surface area contributed by atoms with Crippen molar-refractivity contribution in [3.05, 3.63) is 24.3 Å². The minimum atomic E-state index is -0.850. The molecule has 0 aromatic rings. The molecule has 1 amide bonds. The maximum absolute atomic E-state index is 12.5. The summed E-state index contributed by atoms with van der Waals surface area (Å²) in [5.41, 5.74) is 0. The summed E-state index contributed by atoms with van der Waals surface area (Å²) in [6.45, 7) is 4.90. The number of aliphatic hydroxyl groups excluding tert-OH is 2. The lowest BCUT2D eigenvalue weighted by atomic mass is 10.0. The molecule has 3 N–H and O–H groups in total. The van der Waals surface area contributed by atoms with E-state index in [9.17, 15) is 19.8 Å². The van der Waals surface area contributed by atoms with Crippen LogP contribution in [0.2, 0.25) is 0 Å². The highest BCUT2D eigenvalue weighted by molar-refractivity contribution is 5.76. The maximum atomic E-state index is 12.5. The number of carbonyl (C=O) groups excluding carboxylic acids is 2. The molecule has 384 valence electrons. The second-order valence-electron chi connectivity index (χ2n) is 20.0. The van der Waals surface area contributed by atoms with E-state index in [1.54, 1.807) is 6.08 Å². The molecule has 0 heterocycles. The number of hydrogen-bond acceptors (Lipinski definition) is 5. The molecule has 0 aliphatic carbocycles. The van der Waals surface area contributed by atoms with E-state index in [-0.39, 0.29) is 18.5 Å².